The molecule has 0 radical (unpaired) electrons. The van der Waals surface area contributed by atoms with Gasteiger partial charge in [-0.05, 0) is 66.6 Å². The number of hydrogen-bond donors (Lipinski definition) is 0. The fourth-order valence-electron chi connectivity index (χ4n) is 3.60. The van der Waals surface area contributed by atoms with Gasteiger partial charge in [-0.2, -0.15) is 0 Å². The van der Waals surface area contributed by atoms with E-state index in [0.29, 0.717) is 5.02 Å². The molecular formula is C23H15ClFN3. The minimum absolute atomic E-state index is 0.262. The largest absolute Gasteiger partial charge is 0.296 e. The van der Waals surface area contributed by atoms with Gasteiger partial charge in [0.05, 0.1) is 17.2 Å². The number of benzene rings is 3. The Morgan fingerprint density at radius 2 is 1.57 bits per heavy atom. The Bertz CT molecular complexity index is 1320. The standard InChI is InChI=1S/C23H15ClFN3/c1-14-27-22-13-26-21-11-4-16(15-2-5-17(24)6-3-15)12-20(21)23(22)28(14)19-9-7-18(25)8-10-19/h2-13H,1H3. The summed E-state index contributed by atoms with van der Waals surface area (Å²) in [6.45, 7) is 1.94. The van der Waals surface area contributed by atoms with Crippen LogP contribution in [0.3, 0.4) is 0 Å². The Morgan fingerprint density at radius 3 is 2.32 bits per heavy atom. The van der Waals surface area contributed by atoms with Crippen LogP contribution in [0.5, 0.6) is 0 Å². The molecule has 5 rings (SSSR count). The highest BCUT2D eigenvalue weighted by Gasteiger charge is 2.14. The highest BCUT2D eigenvalue weighted by Crippen LogP contribution is 2.31. The normalized spacial score (nSPS) is 11.4. The quantitative estimate of drug-likeness (QED) is 0.353. The van der Waals surface area contributed by atoms with Crippen LogP contribution >= 0.6 is 11.6 Å². The van der Waals surface area contributed by atoms with Crippen molar-refractivity contribution in [1.82, 2.24) is 14.5 Å². The van der Waals surface area contributed by atoms with Gasteiger partial charge in [0.2, 0.25) is 0 Å². The number of nitrogens with zero attached hydrogens (tertiary/aromatic N) is 3. The van der Waals surface area contributed by atoms with E-state index in [4.69, 9.17) is 11.6 Å². The topological polar surface area (TPSA) is 30.7 Å². The van der Waals surface area contributed by atoms with Crippen molar-refractivity contribution in [3.05, 3.63) is 89.6 Å². The molecule has 0 unspecified atom stereocenters. The average Bonchev–Trinajstić information content (AvgIpc) is 3.05. The second-order valence-corrected chi connectivity index (χ2v) is 7.14. The SMILES string of the molecule is Cc1nc2cnc3ccc(-c4ccc(Cl)cc4)cc3c2n1-c1ccc(F)cc1. The monoisotopic (exact) mass is 387 g/mol. The van der Waals surface area contributed by atoms with Gasteiger partial charge in [0.25, 0.3) is 0 Å². The lowest BCUT2D eigenvalue weighted by atomic mass is 10.0. The zero-order valence-corrected chi connectivity index (χ0v) is 15.8. The molecule has 2 aromatic heterocycles. The highest BCUT2D eigenvalue weighted by atomic mass is 35.5. The molecule has 0 N–H and O–H groups in total. The van der Waals surface area contributed by atoms with Crippen LogP contribution in [0, 0.1) is 12.7 Å². The highest BCUT2D eigenvalue weighted by molar-refractivity contribution is 6.30. The Kier molecular flexibility index (Phi) is 3.88. The van der Waals surface area contributed by atoms with Crippen molar-refractivity contribution in [2.45, 2.75) is 6.92 Å². The molecule has 136 valence electrons. The minimum Gasteiger partial charge on any atom is -0.296 e. The van der Waals surface area contributed by atoms with Crippen LogP contribution in [0.2, 0.25) is 5.02 Å². The molecule has 0 aliphatic rings. The van der Waals surface area contributed by atoms with E-state index in [0.717, 1.165) is 44.6 Å². The van der Waals surface area contributed by atoms with Gasteiger partial charge in [-0.1, -0.05) is 29.8 Å². The summed E-state index contributed by atoms with van der Waals surface area (Å²) in [5.41, 5.74) is 5.67. The Balaban J connectivity index is 1.81. The first-order valence-electron chi connectivity index (χ1n) is 8.90. The summed E-state index contributed by atoms with van der Waals surface area (Å²) in [6.07, 6.45) is 1.78. The number of aromatic nitrogens is 3. The van der Waals surface area contributed by atoms with Gasteiger partial charge in [-0.15, -0.1) is 0 Å². The maximum atomic E-state index is 13.4. The van der Waals surface area contributed by atoms with Crippen molar-refractivity contribution in [3.8, 4) is 16.8 Å². The summed E-state index contributed by atoms with van der Waals surface area (Å²) in [5, 5.41) is 1.70. The fourth-order valence-corrected chi connectivity index (χ4v) is 3.73. The molecule has 5 heteroatoms. The second-order valence-electron chi connectivity index (χ2n) is 6.70. The Hall–Kier alpha value is -3.24. The Labute approximate surface area is 166 Å². The molecule has 0 amide bonds. The van der Waals surface area contributed by atoms with Gasteiger partial charge in [-0.25, -0.2) is 9.37 Å². The molecule has 28 heavy (non-hydrogen) atoms. The molecular weight excluding hydrogens is 373 g/mol. The first-order chi connectivity index (χ1) is 13.6. The van der Waals surface area contributed by atoms with E-state index in [1.165, 1.54) is 12.1 Å². The maximum Gasteiger partial charge on any atom is 0.123 e. The molecule has 0 saturated carbocycles. The third-order valence-electron chi connectivity index (χ3n) is 4.91. The van der Waals surface area contributed by atoms with Gasteiger partial charge in [0, 0.05) is 16.1 Å². The number of hydrogen-bond acceptors (Lipinski definition) is 2. The molecule has 2 heterocycles. The third-order valence-corrected chi connectivity index (χ3v) is 5.16. The molecule has 0 spiro atoms. The third kappa shape index (κ3) is 2.74. The van der Waals surface area contributed by atoms with E-state index in [-0.39, 0.29) is 5.82 Å². The number of halogens is 2. The average molecular weight is 388 g/mol. The molecule has 3 aromatic carbocycles. The van der Waals surface area contributed by atoms with E-state index < -0.39 is 0 Å². The van der Waals surface area contributed by atoms with Crippen molar-refractivity contribution >= 4 is 33.5 Å². The smallest absolute Gasteiger partial charge is 0.123 e. The number of fused-ring (bicyclic) bond motifs is 3. The van der Waals surface area contributed by atoms with Crippen LogP contribution in [0.25, 0.3) is 38.8 Å². The van der Waals surface area contributed by atoms with Crippen LogP contribution < -0.4 is 0 Å². The molecule has 0 aliphatic heterocycles. The van der Waals surface area contributed by atoms with E-state index in [9.17, 15) is 4.39 Å². The van der Waals surface area contributed by atoms with E-state index >= 15 is 0 Å². The lowest BCUT2D eigenvalue weighted by Gasteiger charge is -2.10. The van der Waals surface area contributed by atoms with Gasteiger partial charge in [-0.3, -0.25) is 9.55 Å². The summed E-state index contributed by atoms with van der Waals surface area (Å²) < 4.78 is 15.5. The predicted molar refractivity (Wildman–Crippen MR) is 112 cm³/mol. The lowest BCUT2D eigenvalue weighted by molar-refractivity contribution is 0.627. The lowest BCUT2D eigenvalue weighted by Crippen LogP contribution is -1.97. The van der Waals surface area contributed by atoms with E-state index in [2.05, 4.69) is 22.1 Å². The zero-order valence-electron chi connectivity index (χ0n) is 15.0. The van der Waals surface area contributed by atoms with Crippen LogP contribution in [-0.2, 0) is 0 Å². The number of imidazole rings is 1. The summed E-state index contributed by atoms with van der Waals surface area (Å²) in [5.74, 6) is 0.565. The van der Waals surface area contributed by atoms with Crippen molar-refractivity contribution in [2.24, 2.45) is 0 Å². The summed E-state index contributed by atoms with van der Waals surface area (Å²) in [4.78, 5) is 9.23. The molecule has 3 nitrogen and oxygen atoms in total. The van der Waals surface area contributed by atoms with E-state index in [1.807, 2.05) is 41.8 Å². The molecule has 0 saturated heterocycles. The van der Waals surface area contributed by atoms with Crippen LogP contribution in [-0.4, -0.2) is 14.5 Å². The summed E-state index contributed by atoms with van der Waals surface area (Å²) in [6, 6.07) is 20.4. The maximum absolute atomic E-state index is 13.4. The number of aryl methyl sites for hydroxylation is 1. The second kappa shape index (κ2) is 6.43. The fraction of sp³-hybridized carbons (Fsp3) is 0.0435. The van der Waals surface area contributed by atoms with Crippen LogP contribution in [0.15, 0.2) is 72.9 Å². The van der Waals surface area contributed by atoms with E-state index in [1.54, 1.807) is 18.3 Å². The van der Waals surface area contributed by atoms with Gasteiger partial charge in [0.15, 0.2) is 0 Å². The Morgan fingerprint density at radius 1 is 0.857 bits per heavy atom. The first kappa shape index (κ1) is 16.9. The molecule has 0 atom stereocenters. The van der Waals surface area contributed by atoms with Gasteiger partial charge < -0.3 is 0 Å². The minimum atomic E-state index is -0.262. The molecule has 0 fully saturated rings. The molecule has 0 aliphatic carbocycles. The van der Waals surface area contributed by atoms with Gasteiger partial charge >= 0.3 is 0 Å². The summed E-state index contributed by atoms with van der Waals surface area (Å²) in [7, 11) is 0. The predicted octanol–water partition coefficient (Wildman–Crippen LogP) is 6.34. The van der Waals surface area contributed by atoms with Crippen LogP contribution in [0.1, 0.15) is 5.82 Å². The van der Waals surface area contributed by atoms with Crippen LogP contribution in [0.4, 0.5) is 4.39 Å². The van der Waals surface area contributed by atoms with Gasteiger partial charge in [0.1, 0.15) is 17.2 Å². The zero-order chi connectivity index (χ0) is 19.3. The summed E-state index contributed by atoms with van der Waals surface area (Å²) >= 11 is 6.03. The number of rotatable bonds is 2. The van der Waals surface area contributed by atoms with Crippen molar-refractivity contribution in [2.75, 3.05) is 0 Å². The molecule has 0 bridgehead atoms. The number of pyridine rings is 1. The van der Waals surface area contributed by atoms with Crippen molar-refractivity contribution in [3.63, 3.8) is 0 Å². The first-order valence-corrected chi connectivity index (χ1v) is 9.28. The molecule has 5 aromatic rings. The van der Waals surface area contributed by atoms with Crippen molar-refractivity contribution in [1.29, 1.82) is 0 Å². The van der Waals surface area contributed by atoms with Crippen molar-refractivity contribution < 1.29 is 4.39 Å².